The highest BCUT2D eigenvalue weighted by Gasteiger charge is 2.23. The fraction of sp³-hybridized carbons (Fsp3) is 0.200. The maximum atomic E-state index is 12.7. The Balaban J connectivity index is 2.58. The lowest BCUT2D eigenvalue weighted by atomic mass is 10.3. The lowest BCUT2D eigenvalue weighted by molar-refractivity contribution is -0.384. The van der Waals surface area contributed by atoms with E-state index < -0.39 is 14.8 Å². The Hall–Kier alpha value is -2.81. The third-order valence-corrected chi connectivity index (χ3v) is 5.06. The van der Waals surface area contributed by atoms with Crippen LogP contribution in [-0.4, -0.2) is 34.7 Å². The fourth-order valence-corrected chi connectivity index (χ4v) is 3.39. The minimum absolute atomic E-state index is 0.0779. The largest absolute Gasteiger partial charge is 0.493 e. The molecule has 0 aliphatic heterocycles. The molecular weight excluding hydrogens is 338 g/mol. The van der Waals surface area contributed by atoms with Crippen molar-refractivity contribution in [2.24, 2.45) is 0 Å². The van der Waals surface area contributed by atoms with Gasteiger partial charge in [-0.25, -0.2) is 8.42 Å². The van der Waals surface area contributed by atoms with Gasteiger partial charge in [-0.15, -0.1) is 0 Å². The van der Waals surface area contributed by atoms with E-state index in [1.165, 1.54) is 45.6 Å². The van der Waals surface area contributed by atoms with Gasteiger partial charge in [0.2, 0.25) is 15.6 Å². The summed E-state index contributed by atoms with van der Waals surface area (Å²) in [6.45, 7) is 0. The van der Waals surface area contributed by atoms with E-state index in [-0.39, 0.29) is 32.7 Å². The third kappa shape index (κ3) is 3.11. The first kappa shape index (κ1) is 17.5. The Morgan fingerprint density at radius 1 is 0.875 bits per heavy atom. The molecule has 0 aliphatic rings. The lowest BCUT2D eigenvalue weighted by Gasteiger charge is -2.14. The van der Waals surface area contributed by atoms with Gasteiger partial charge >= 0.3 is 0 Å². The topological polar surface area (TPSA) is 105 Å². The highest BCUT2D eigenvalue weighted by molar-refractivity contribution is 7.91. The van der Waals surface area contributed by atoms with Crippen LogP contribution in [0.25, 0.3) is 0 Å². The van der Waals surface area contributed by atoms with Gasteiger partial charge in [0.05, 0.1) is 36.0 Å². The molecule has 0 fully saturated rings. The van der Waals surface area contributed by atoms with Crippen molar-refractivity contribution < 1.29 is 27.6 Å². The average Bonchev–Trinajstić information content (AvgIpc) is 2.60. The Labute approximate surface area is 138 Å². The van der Waals surface area contributed by atoms with Gasteiger partial charge in [0.15, 0.2) is 11.5 Å². The van der Waals surface area contributed by atoms with Gasteiger partial charge in [-0.3, -0.25) is 10.1 Å². The quantitative estimate of drug-likeness (QED) is 0.580. The fourth-order valence-electron chi connectivity index (χ4n) is 2.10. The van der Waals surface area contributed by atoms with Crippen LogP contribution >= 0.6 is 0 Å². The Morgan fingerprint density at radius 2 is 1.38 bits per heavy atom. The Kier molecular flexibility index (Phi) is 4.93. The summed E-state index contributed by atoms with van der Waals surface area (Å²) in [4.78, 5) is 9.92. The molecule has 0 N–H and O–H groups in total. The molecule has 0 unspecified atom stereocenters. The van der Waals surface area contributed by atoms with Crippen LogP contribution in [0.3, 0.4) is 0 Å². The van der Waals surface area contributed by atoms with E-state index in [1.807, 2.05) is 0 Å². The van der Waals surface area contributed by atoms with E-state index in [0.29, 0.717) is 0 Å². The van der Waals surface area contributed by atoms with Gasteiger partial charge in [0, 0.05) is 24.3 Å². The zero-order chi connectivity index (χ0) is 17.9. The number of methoxy groups -OCH3 is 3. The summed E-state index contributed by atoms with van der Waals surface area (Å²) in [6, 6.07) is 7.22. The van der Waals surface area contributed by atoms with E-state index in [9.17, 15) is 18.5 Å². The normalized spacial score (nSPS) is 11.0. The SMILES string of the molecule is COc1cc(S(=O)(=O)c2ccc([N+](=O)[O-])cc2)cc(OC)c1OC. The van der Waals surface area contributed by atoms with E-state index in [1.54, 1.807) is 0 Å². The number of rotatable bonds is 6. The Bertz CT molecular complexity index is 835. The minimum atomic E-state index is -3.91. The van der Waals surface area contributed by atoms with Crippen molar-refractivity contribution in [3.05, 3.63) is 46.5 Å². The second kappa shape index (κ2) is 6.75. The maximum Gasteiger partial charge on any atom is 0.269 e. The molecule has 9 heteroatoms. The van der Waals surface area contributed by atoms with Crippen LogP contribution in [-0.2, 0) is 9.84 Å². The van der Waals surface area contributed by atoms with Crippen molar-refractivity contribution in [1.29, 1.82) is 0 Å². The highest BCUT2D eigenvalue weighted by atomic mass is 32.2. The zero-order valence-electron chi connectivity index (χ0n) is 13.2. The first-order valence-electron chi connectivity index (χ1n) is 6.64. The molecule has 0 bridgehead atoms. The molecule has 2 aromatic rings. The van der Waals surface area contributed by atoms with Gasteiger partial charge < -0.3 is 14.2 Å². The summed E-state index contributed by atoms with van der Waals surface area (Å²) in [5, 5.41) is 10.7. The molecule has 0 amide bonds. The van der Waals surface area contributed by atoms with Crippen LogP contribution in [0.4, 0.5) is 5.69 Å². The zero-order valence-corrected chi connectivity index (χ0v) is 14.0. The molecule has 0 atom stereocenters. The molecule has 8 nitrogen and oxygen atoms in total. The van der Waals surface area contributed by atoms with E-state index >= 15 is 0 Å². The standard InChI is InChI=1S/C15H15NO7S/c1-21-13-8-12(9-14(22-2)15(13)23-3)24(19,20)11-6-4-10(5-7-11)16(17)18/h4-9H,1-3H3. The first-order valence-corrected chi connectivity index (χ1v) is 8.13. The third-order valence-electron chi connectivity index (χ3n) is 3.31. The summed E-state index contributed by atoms with van der Waals surface area (Å²) < 4.78 is 40.9. The van der Waals surface area contributed by atoms with Crippen molar-refractivity contribution in [3.63, 3.8) is 0 Å². The lowest BCUT2D eigenvalue weighted by Crippen LogP contribution is -2.04. The minimum Gasteiger partial charge on any atom is -0.493 e. The first-order chi connectivity index (χ1) is 11.3. The van der Waals surface area contributed by atoms with Gasteiger partial charge in [0.1, 0.15) is 0 Å². The summed E-state index contributed by atoms with van der Waals surface area (Å²) >= 11 is 0. The van der Waals surface area contributed by atoms with Gasteiger partial charge in [-0.05, 0) is 12.1 Å². The molecule has 24 heavy (non-hydrogen) atoms. The number of nitro benzene ring substituents is 1. The molecule has 0 heterocycles. The van der Waals surface area contributed by atoms with Crippen LogP contribution in [0.2, 0.25) is 0 Å². The smallest absolute Gasteiger partial charge is 0.269 e. The molecular formula is C15H15NO7S. The Morgan fingerprint density at radius 3 is 1.75 bits per heavy atom. The van der Waals surface area contributed by atoms with Crippen molar-refractivity contribution in [2.75, 3.05) is 21.3 Å². The highest BCUT2D eigenvalue weighted by Crippen LogP contribution is 2.40. The van der Waals surface area contributed by atoms with Gasteiger partial charge in [-0.2, -0.15) is 0 Å². The summed E-state index contributed by atoms with van der Waals surface area (Å²) in [5.41, 5.74) is -0.196. The number of hydrogen-bond acceptors (Lipinski definition) is 7. The van der Waals surface area contributed by atoms with Crippen molar-refractivity contribution in [3.8, 4) is 17.2 Å². The molecule has 128 valence electrons. The van der Waals surface area contributed by atoms with Crippen LogP contribution in [0, 0.1) is 10.1 Å². The monoisotopic (exact) mass is 353 g/mol. The number of hydrogen-bond donors (Lipinski definition) is 0. The molecule has 0 saturated heterocycles. The second-order valence-electron chi connectivity index (χ2n) is 4.62. The van der Waals surface area contributed by atoms with E-state index in [4.69, 9.17) is 14.2 Å². The van der Waals surface area contributed by atoms with Gasteiger partial charge in [0.25, 0.3) is 5.69 Å². The molecule has 2 rings (SSSR count). The second-order valence-corrected chi connectivity index (χ2v) is 6.57. The molecule has 0 aromatic heterocycles. The molecule has 0 aliphatic carbocycles. The molecule has 2 aromatic carbocycles. The molecule has 0 saturated carbocycles. The number of non-ortho nitro benzene ring substituents is 1. The summed E-state index contributed by atoms with van der Waals surface area (Å²) in [6.07, 6.45) is 0. The number of sulfone groups is 1. The van der Waals surface area contributed by atoms with Crippen LogP contribution in [0.1, 0.15) is 0 Å². The van der Waals surface area contributed by atoms with Crippen molar-refractivity contribution in [2.45, 2.75) is 9.79 Å². The van der Waals surface area contributed by atoms with E-state index in [2.05, 4.69) is 0 Å². The van der Waals surface area contributed by atoms with Crippen molar-refractivity contribution in [1.82, 2.24) is 0 Å². The number of nitro groups is 1. The maximum absolute atomic E-state index is 12.7. The number of nitrogens with zero attached hydrogens (tertiary/aromatic N) is 1. The average molecular weight is 353 g/mol. The van der Waals surface area contributed by atoms with E-state index in [0.717, 1.165) is 12.1 Å². The van der Waals surface area contributed by atoms with Crippen LogP contribution in [0.15, 0.2) is 46.2 Å². The molecule has 0 radical (unpaired) electrons. The number of benzene rings is 2. The predicted molar refractivity (Wildman–Crippen MR) is 84.6 cm³/mol. The predicted octanol–water partition coefficient (Wildman–Crippen LogP) is 2.45. The van der Waals surface area contributed by atoms with Crippen LogP contribution in [0.5, 0.6) is 17.2 Å². The number of ether oxygens (including phenoxy) is 3. The molecule has 0 spiro atoms. The van der Waals surface area contributed by atoms with Crippen LogP contribution < -0.4 is 14.2 Å². The summed E-state index contributed by atoms with van der Waals surface area (Å²) in [7, 11) is 0.247. The van der Waals surface area contributed by atoms with Gasteiger partial charge in [-0.1, -0.05) is 0 Å². The summed E-state index contributed by atoms with van der Waals surface area (Å²) in [5.74, 6) is 0.650. The van der Waals surface area contributed by atoms with Crippen molar-refractivity contribution >= 4 is 15.5 Å².